The number of aromatic nitrogens is 3. The van der Waals surface area contributed by atoms with Gasteiger partial charge in [-0.05, 0) is 30.3 Å². The fourth-order valence-electron chi connectivity index (χ4n) is 2.67. The lowest BCUT2D eigenvalue weighted by atomic mass is 10.2. The van der Waals surface area contributed by atoms with Crippen LogP contribution in [0.25, 0.3) is 22.1 Å². The van der Waals surface area contributed by atoms with E-state index in [-0.39, 0.29) is 5.56 Å². The van der Waals surface area contributed by atoms with E-state index in [0.717, 1.165) is 22.4 Å². The first kappa shape index (κ1) is 13.5. The quantitative estimate of drug-likeness (QED) is 0.629. The molecule has 0 unspecified atom stereocenters. The zero-order chi connectivity index (χ0) is 16.0. The highest BCUT2D eigenvalue weighted by Gasteiger charge is 2.14. The monoisotopic (exact) mass is 307 g/mol. The fourth-order valence-corrected chi connectivity index (χ4v) is 2.67. The van der Waals surface area contributed by atoms with Crippen LogP contribution in [0, 0.1) is 0 Å². The van der Waals surface area contributed by atoms with E-state index in [0.29, 0.717) is 17.8 Å². The Kier molecular flexibility index (Phi) is 2.90. The highest BCUT2D eigenvalue weighted by atomic mass is 16.4. The summed E-state index contributed by atoms with van der Waals surface area (Å²) in [6.45, 7) is 0. The highest BCUT2D eigenvalue weighted by Crippen LogP contribution is 2.21. The molecule has 2 heterocycles. The second-order valence-corrected chi connectivity index (χ2v) is 5.35. The van der Waals surface area contributed by atoms with Crippen LogP contribution < -0.4 is 0 Å². The summed E-state index contributed by atoms with van der Waals surface area (Å²) < 4.78 is 7.65. The average molecular weight is 307 g/mol. The lowest BCUT2D eigenvalue weighted by Crippen LogP contribution is -1.99. The number of fused-ring (bicyclic) bond motifs is 2. The van der Waals surface area contributed by atoms with Gasteiger partial charge in [-0.25, -0.2) is 14.8 Å². The number of imidazole rings is 1. The van der Waals surface area contributed by atoms with Gasteiger partial charge < -0.3 is 14.1 Å². The number of oxazole rings is 1. The molecule has 0 saturated heterocycles. The van der Waals surface area contributed by atoms with Crippen LogP contribution in [0.4, 0.5) is 0 Å². The predicted molar refractivity (Wildman–Crippen MR) is 84.5 cm³/mol. The van der Waals surface area contributed by atoms with Crippen molar-refractivity contribution in [2.75, 3.05) is 0 Å². The van der Waals surface area contributed by atoms with Crippen LogP contribution in [-0.2, 0) is 13.5 Å². The number of aromatic carboxylic acids is 1. The third-order valence-electron chi connectivity index (χ3n) is 3.87. The molecule has 0 saturated carbocycles. The molecule has 0 aliphatic carbocycles. The van der Waals surface area contributed by atoms with E-state index in [1.54, 1.807) is 18.2 Å². The van der Waals surface area contributed by atoms with Gasteiger partial charge in [-0.3, -0.25) is 0 Å². The molecular weight excluding hydrogens is 294 g/mol. The number of para-hydroxylation sites is 2. The maximum absolute atomic E-state index is 11.1. The van der Waals surface area contributed by atoms with Crippen LogP contribution in [0.5, 0.6) is 0 Å². The summed E-state index contributed by atoms with van der Waals surface area (Å²) in [4.78, 5) is 20.0. The lowest BCUT2D eigenvalue weighted by molar-refractivity contribution is 0.0697. The molecule has 0 aliphatic heterocycles. The van der Waals surface area contributed by atoms with Crippen molar-refractivity contribution in [3.63, 3.8) is 0 Å². The Morgan fingerprint density at radius 2 is 2.00 bits per heavy atom. The van der Waals surface area contributed by atoms with Crippen LogP contribution in [0.1, 0.15) is 22.1 Å². The third-order valence-corrected chi connectivity index (χ3v) is 3.87. The Bertz CT molecular complexity index is 1010. The summed E-state index contributed by atoms with van der Waals surface area (Å²) in [7, 11) is 1.90. The van der Waals surface area contributed by atoms with Gasteiger partial charge in [0.25, 0.3) is 0 Å². The molecule has 0 radical (unpaired) electrons. The summed E-state index contributed by atoms with van der Waals surface area (Å²) in [6.07, 6.45) is 0.447. The Balaban J connectivity index is 1.76. The summed E-state index contributed by atoms with van der Waals surface area (Å²) >= 11 is 0. The molecule has 0 fully saturated rings. The minimum atomic E-state index is -0.960. The molecule has 0 aliphatic rings. The Morgan fingerprint density at radius 3 is 2.78 bits per heavy atom. The average Bonchev–Trinajstić information content (AvgIpc) is 3.08. The topological polar surface area (TPSA) is 81.2 Å². The van der Waals surface area contributed by atoms with Gasteiger partial charge >= 0.3 is 5.97 Å². The smallest absolute Gasteiger partial charge is 0.335 e. The van der Waals surface area contributed by atoms with Gasteiger partial charge in [0.05, 0.1) is 23.0 Å². The van der Waals surface area contributed by atoms with Gasteiger partial charge in [-0.2, -0.15) is 0 Å². The minimum absolute atomic E-state index is 0.226. The number of carbonyl (C=O) groups is 1. The number of nitrogens with zero attached hydrogens (tertiary/aromatic N) is 3. The number of hydrogen-bond acceptors (Lipinski definition) is 4. The highest BCUT2D eigenvalue weighted by molar-refractivity contribution is 5.92. The van der Waals surface area contributed by atoms with E-state index >= 15 is 0 Å². The Morgan fingerprint density at radius 1 is 1.17 bits per heavy atom. The zero-order valence-electron chi connectivity index (χ0n) is 12.4. The zero-order valence-corrected chi connectivity index (χ0v) is 12.4. The SMILES string of the molecule is Cn1c(Cc2nc3ccccc3o2)nc2cc(C(=O)O)ccc21. The number of hydrogen-bond donors (Lipinski definition) is 1. The van der Waals surface area contributed by atoms with Crippen molar-refractivity contribution in [2.45, 2.75) is 6.42 Å². The molecule has 2 aromatic carbocycles. The van der Waals surface area contributed by atoms with Gasteiger partial charge in [0.2, 0.25) is 5.89 Å². The summed E-state index contributed by atoms with van der Waals surface area (Å²) in [5.41, 5.74) is 3.31. The van der Waals surface area contributed by atoms with Crippen LogP contribution in [-0.4, -0.2) is 25.6 Å². The number of rotatable bonds is 3. The molecule has 1 N–H and O–H groups in total. The van der Waals surface area contributed by atoms with E-state index in [1.807, 2.05) is 35.9 Å². The Hall–Kier alpha value is -3.15. The predicted octanol–water partition coefficient (Wildman–Crippen LogP) is 3.00. The van der Waals surface area contributed by atoms with Crippen molar-refractivity contribution in [1.82, 2.24) is 14.5 Å². The van der Waals surface area contributed by atoms with E-state index in [2.05, 4.69) is 9.97 Å². The van der Waals surface area contributed by atoms with Crippen molar-refractivity contribution in [3.8, 4) is 0 Å². The van der Waals surface area contributed by atoms with Gasteiger partial charge in [-0.15, -0.1) is 0 Å². The van der Waals surface area contributed by atoms with E-state index in [4.69, 9.17) is 9.52 Å². The largest absolute Gasteiger partial charge is 0.478 e. The van der Waals surface area contributed by atoms with Gasteiger partial charge in [-0.1, -0.05) is 12.1 Å². The first-order valence-electron chi connectivity index (χ1n) is 7.15. The van der Waals surface area contributed by atoms with E-state index in [1.165, 1.54) is 0 Å². The maximum atomic E-state index is 11.1. The van der Waals surface area contributed by atoms with Crippen molar-refractivity contribution >= 4 is 28.1 Å². The maximum Gasteiger partial charge on any atom is 0.335 e. The van der Waals surface area contributed by atoms with Crippen LogP contribution in [0.2, 0.25) is 0 Å². The van der Waals surface area contributed by atoms with E-state index < -0.39 is 5.97 Å². The number of aryl methyl sites for hydroxylation is 1. The van der Waals surface area contributed by atoms with Crippen molar-refractivity contribution in [1.29, 1.82) is 0 Å². The molecule has 2 aromatic heterocycles. The summed E-state index contributed by atoms with van der Waals surface area (Å²) in [5, 5.41) is 9.08. The number of carboxylic acids is 1. The molecule has 6 nitrogen and oxygen atoms in total. The fraction of sp³-hybridized carbons (Fsp3) is 0.118. The molecule has 4 aromatic rings. The first-order chi connectivity index (χ1) is 11.1. The number of carboxylic acid groups (broad SMARTS) is 1. The molecule has 0 spiro atoms. The summed E-state index contributed by atoms with van der Waals surface area (Å²) in [5.74, 6) is 0.398. The molecule has 4 rings (SSSR count). The second-order valence-electron chi connectivity index (χ2n) is 5.35. The molecule has 23 heavy (non-hydrogen) atoms. The normalized spacial score (nSPS) is 11.3. The van der Waals surface area contributed by atoms with Crippen molar-refractivity contribution in [3.05, 3.63) is 59.7 Å². The van der Waals surface area contributed by atoms with Crippen LogP contribution >= 0.6 is 0 Å². The molecule has 0 amide bonds. The Labute approximate surface area is 131 Å². The molecule has 0 atom stereocenters. The van der Waals surface area contributed by atoms with E-state index in [9.17, 15) is 4.79 Å². The lowest BCUT2D eigenvalue weighted by Gasteiger charge is -1.99. The second kappa shape index (κ2) is 4.95. The van der Waals surface area contributed by atoms with Gasteiger partial charge in [0.15, 0.2) is 5.58 Å². The molecule has 114 valence electrons. The van der Waals surface area contributed by atoms with Crippen molar-refractivity contribution in [2.24, 2.45) is 7.05 Å². The molecular formula is C17H13N3O3. The van der Waals surface area contributed by atoms with Crippen molar-refractivity contribution < 1.29 is 14.3 Å². The van der Waals surface area contributed by atoms with Gasteiger partial charge in [0, 0.05) is 7.05 Å². The van der Waals surface area contributed by atoms with Crippen LogP contribution in [0.15, 0.2) is 46.9 Å². The van der Waals surface area contributed by atoms with Gasteiger partial charge in [0.1, 0.15) is 11.3 Å². The third kappa shape index (κ3) is 2.24. The molecule has 6 heteroatoms. The minimum Gasteiger partial charge on any atom is -0.478 e. The molecule has 0 bridgehead atoms. The standard InChI is InChI=1S/C17H13N3O3/c1-20-13-7-6-10(17(21)22)8-12(13)18-15(20)9-16-19-11-4-2-3-5-14(11)23-16/h2-8H,9H2,1H3,(H,21,22). The first-order valence-corrected chi connectivity index (χ1v) is 7.15. The summed E-state index contributed by atoms with van der Waals surface area (Å²) in [6, 6.07) is 12.5. The van der Waals surface area contributed by atoms with Crippen LogP contribution in [0.3, 0.4) is 0 Å². The number of benzene rings is 2.